The normalized spacial score (nSPS) is 21.7. The largest absolute Gasteiger partial charge is 0.312 e. The molecule has 0 bridgehead atoms. The van der Waals surface area contributed by atoms with Crippen LogP contribution in [-0.2, 0) is 0 Å². The van der Waals surface area contributed by atoms with Gasteiger partial charge in [0.2, 0.25) is 0 Å². The monoisotopic (exact) mass is 296 g/mol. The highest BCUT2D eigenvalue weighted by Gasteiger charge is 2.18. The van der Waals surface area contributed by atoms with Gasteiger partial charge in [0.25, 0.3) is 0 Å². The van der Waals surface area contributed by atoms with Gasteiger partial charge in [0.05, 0.1) is 0 Å². The molecule has 1 aliphatic heterocycles. The van der Waals surface area contributed by atoms with Crippen LogP contribution >= 0.6 is 0 Å². The maximum Gasteiger partial charge on any atom is 0.00965 e. The highest BCUT2D eigenvalue weighted by molar-refractivity contribution is 4.72. The van der Waals surface area contributed by atoms with Crippen LogP contribution < -0.4 is 5.32 Å². The lowest BCUT2D eigenvalue weighted by atomic mass is 9.89. The Morgan fingerprint density at radius 3 is 2.38 bits per heavy atom. The molecule has 0 amide bonds. The molecule has 0 aromatic heterocycles. The zero-order valence-electron chi connectivity index (χ0n) is 15.4. The molecule has 0 aromatic carbocycles. The minimum Gasteiger partial charge on any atom is -0.312 e. The van der Waals surface area contributed by atoms with Crippen molar-refractivity contribution in [1.29, 1.82) is 0 Å². The van der Waals surface area contributed by atoms with Crippen LogP contribution in [0.25, 0.3) is 0 Å². The van der Waals surface area contributed by atoms with E-state index in [1.165, 1.54) is 71.1 Å². The Bertz CT molecular complexity index is 255. The van der Waals surface area contributed by atoms with Crippen molar-refractivity contribution in [3.63, 3.8) is 0 Å². The average molecular weight is 297 g/mol. The Labute approximate surface area is 134 Å². The number of likely N-dealkylation sites (tertiary alicyclic amines) is 1. The first kappa shape index (κ1) is 19.0. The Balaban J connectivity index is 2.00. The lowest BCUT2D eigenvalue weighted by molar-refractivity contribution is 0.266. The van der Waals surface area contributed by atoms with Gasteiger partial charge < -0.3 is 10.2 Å². The molecule has 1 unspecified atom stereocenters. The molecule has 0 aliphatic carbocycles. The molecule has 1 N–H and O–H groups in total. The number of hydrogen-bond donors (Lipinski definition) is 1. The first-order valence-electron chi connectivity index (χ1n) is 9.36. The summed E-state index contributed by atoms with van der Waals surface area (Å²) in [5.74, 6) is 1.85. The van der Waals surface area contributed by atoms with Gasteiger partial charge in [-0.25, -0.2) is 0 Å². The molecule has 21 heavy (non-hydrogen) atoms. The summed E-state index contributed by atoms with van der Waals surface area (Å²) >= 11 is 0. The molecule has 1 saturated heterocycles. The maximum atomic E-state index is 3.58. The Morgan fingerprint density at radius 2 is 1.71 bits per heavy atom. The van der Waals surface area contributed by atoms with Gasteiger partial charge in [0.15, 0.2) is 0 Å². The van der Waals surface area contributed by atoms with E-state index in [9.17, 15) is 0 Å². The standard InChI is InChI=1S/C19H40N2/c1-17(2)18-11-10-15-21(16-12-18)14-9-7-6-8-13-20-19(3,4)5/h17-18,20H,6-16H2,1-5H3. The fourth-order valence-corrected chi connectivity index (χ4v) is 3.35. The van der Waals surface area contributed by atoms with Crippen LogP contribution in [-0.4, -0.2) is 36.6 Å². The molecule has 0 spiro atoms. The van der Waals surface area contributed by atoms with E-state index in [1.54, 1.807) is 0 Å². The van der Waals surface area contributed by atoms with Gasteiger partial charge in [-0.2, -0.15) is 0 Å². The van der Waals surface area contributed by atoms with Gasteiger partial charge in [0, 0.05) is 5.54 Å². The minimum absolute atomic E-state index is 0.277. The van der Waals surface area contributed by atoms with E-state index in [1.807, 2.05) is 0 Å². The third kappa shape index (κ3) is 9.52. The molecule has 126 valence electrons. The van der Waals surface area contributed by atoms with E-state index < -0.39 is 0 Å². The second kappa shape index (κ2) is 9.84. The summed E-state index contributed by atoms with van der Waals surface area (Å²) in [4.78, 5) is 2.72. The first-order chi connectivity index (χ1) is 9.88. The van der Waals surface area contributed by atoms with Crippen LogP contribution in [0.4, 0.5) is 0 Å². The molecule has 1 heterocycles. The molecule has 1 fully saturated rings. The number of nitrogens with one attached hydrogen (secondary N) is 1. The molecule has 2 nitrogen and oxygen atoms in total. The fourth-order valence-electron chi connectivity index (χ4n) is 3.35. The van der Waals surface area contributed by atoms with Gasteiger partial charge in [-0.3, -0.25) is 0 Å². The van der Waals surface area contributed by atoms with E-state index in [0.717, 1.165) is 11.8 Å². The minimum atomic E-state index is 0.277. The summed E-state index contributed by atoms with van der Waals surface area (Å²) in [7, 11) is 0. The predicted molar refractivity (Wildman–Crippen MR) is 94.8 cm³/mol. The molecule has 0 radical (unpaired) electrons. The SMILES string of the molecule is CC(C)C1CCCN(CCCCCCNC(C)(C)C)CC1. The van der Waals surface area contributed by atoms with Gasteiger partial charge in [-0.05, 0) is 90.9 Å². The lowest BCUT2D eigenvalue weighted by Gasteiger charge is -2.21. The Hall–Kier alpha value is -0.0800. The van der Waals surface area contributed by atoms with Crippen LogP contribution in [0, 0.1) is 11.8 Å². The summed E-state index contributed by atoms with van der Waals surface area (Å²) in [5.41, 5.74) is 0.277. The second-order valence-electron chi connectivity index (χ2n) is 8.37. The molecule has 1 aliphatic rings. The number of rotatable bonds is 8. The third-order valence-electron chi connectivity index (χ3n) is 4.86. The van der Waals surface area contributed by atoms with Crippen molar-refractivity contribution >= 4 is 0 Å². The van der Waals surface area contributed by atoms with Crippen molar-refractivity contribution in [2.45, 2.75) is 85.1 Å². The molecular weight excluding hydrogens is 256 g/mol. The number of hydrogen-bond acceptors (Lipinski definition) is 2. The quantitative estimate of drug-likeness (QED) is 0.654. The van der Waals surface area contributed by atoms with Crippen molar-refractivity contribution in [1.82, 2.24) is 10.2 Å². The van der Waals surface area contributed by atoms with Crippen LogP contribution in [0.15, 0.2) is 0 Å². The molecule has 0 aromatic rings. The lowest BCUT2D eigenvalue weighted by Crippen LogP contribution is -2.36. The Morgan fingerprint density at radius 1 is 1.00 bits per heavy atom. The van der Waals surface area contributed by atoms with E-state index >= 15 is 0 Å². The number of nitrogens with zero attached hydrogens (tertiary/aromatic N) is 1. The highest BCUT2D eigenvalue weighted by Crippen LogP contribution is 2.24. The maximum absolute atomic E-state index is 3.58. The zero-order chi connectivity index (χ0) is 15.7. The zero-order valence-corrected chi connectivity index (χ0v) is 15.4. The van der Waals surface area contributed by atoms with Crippen molar-refractivity contribution in [2.24, 2.45) is 11.8 Å². The summed E-state index contributed by atoms with van der Waals surface area (Å²) in [6, 6.07) is 0. The van der Waals surface area contributed by atoms with Crippen molar-refractivity contribution < 1.29 is 0 Å². The van der Waals surface area contributed by atoms with Crippen LogP contribution in [0.2, 0.25) is 0 Å². The van der Waals surface area contributed by atoms with Gasteiger partial charge in [-0.1, -0.05) is 26.7 Å². The molecular formula is C19H40N2. The molecule has 0 saturated carbocycles. The van der Waals surface area contributed by atoms with Crippen molar-refractivity contribution in [2.75, 3.05) is 26.2 Å². The first-order valence-corrected chi connectivity index (χ1v) is 9.36. The summed E-state index contributed by atoms with van der Waals surface area (Å²) < 4.78 is 0. The molecule has 1 rings (SSSR count). The van der Waals surface area contributed by atoms with Gasteiger partial charge >= 0.3 is 0 Å². The van der Waals surface area contributed by atoms with Gasteiger partial charge in [-0.15, -0.1) is 0 Å². The molecule has 2 heteroatoms. The second-order valence-corrected chi connectivity index (χ2v) is 8.37. The van der Waals surface area contributed by atoms with Crippen molar-refractivity contribution in [3.05, 3.63) is 0 Å². The van der Waals surface area contributed by atoms with E-state index in [4.69, 9.17) is 0 Å². The summed E-state index contributed by atoms with van der Waals surface area (Å²) in [6.45, 7) is 16.7. The van der Waals surface area contributed by atoms with Crippen LogP contribution in [0.3, 0.4) is 0 Å². The molecule has 1 atom stereocenters. The number of unbranched alkanes of at least 4 members (excludes halogenated alkanes) is 3. The van der Waals surface area contributed by atoms with Gasteiger partial charge in [0.1, 0.15) is 0 Å². The smallest absolute Gasteiger partial charge is 0.00965 e. The predicted octanol–water partition coefficient (Wildman–Crippen LogP) is 4.69. The highest BCUT2D eigenvalue weighted by atomic mass is 15.1. The third-order valence-corrected chi connectivity index (χ3v) is 4.86. The van der Waals surface area contributed by atoms with Crippen molar-refractivity contribution in [3.8, 4) is 0 Å². The Kier molecular flexibility index (Phi) is 8.89. The fraction of sp³-hybridized carbons (Fsp3) is 1.00. The average Bonchev–Trinajstić information content (AvgIpc) is 2.62. The summed E-state index contributed by atoms with van der Waals surface area (Å²) in [6.07, 6.45) is 9.79. The van der Waals surface area contributed by atoms with E-state index in [-0.39, 0.29) is 5.54 Å². The topological polar surface area (TPSA) is 15.3 Å². The summed E-state index contributed by atoms with van der Waals surface area (Å²) in [5, 5.41) is 3.58. The van der Waals surface area contributed by atoms with E-state index in [2.05, 4.69) is 44.8 Å². The van der Waals surface area contributed by atoms with Crippen LogP contribution in [0.1, 0.15) is 79.6 Å². The van der Waals surface area contributed by atoms with E-state index in [0.29, 0.717) is 0 Å². The van der Waals surface area contributed by atoms with Crippen LogP contribution in [0.5, 0.6) is 0 Å².